The van der Waals surface area contributed by atoms with Crippen LogP contribution in [-0.2, 0) is 10.0 Å². The van der Waals surface area contributed by atoms with Crippen LogP contribution in [0.4, 0.5) is 0 Å². The lowest BCUT2D eigenvalue weighted by atomic mass is 9.93. The molecular weight excluding hydrogens is 304 g/mol. The minimum absolute atomic E-state index is 0.505. The van der Waals surface area contributed by atoms with Gasteiger partial charge in [-0.25, -0.2) is 12.7 Å². The molecule has 0 radical (unpaired) electrons. The van der Waals surface area contributed by atoms with E-state index in [1.54, 1.807) is 4.31 Å². The molecule has 21 heavy (non-hydrogen) atoms. The second-order valence-corrected chi connectivity index (χ2v) is 9.22. The van der Waals surface area contributed by atoms with E-state index in [0.717, 1.165) is 38.0 Å². The van der Waals surface area contributed by atoms with Gasteiger partial charge in [0.25, 0.3) is 0 Å². The number of rotatable bonds is 10. The Kier molecular flexibility index (Phi) is 9.25. The molecule has 0 amide bonds. The molecule has 2 unspecified atom stereocenters. The molecule has 6 heteroatoms. The minimum atomic E-state index is -3.02. The van der Waals surface area contributed by atoms with Crippen LogP contribution in [0.3, 0.4) is 0 Å². The van der Waals surface area contributed by atoms with E-state index in [1.165, 1.54) is 18.4 Å². The third-order valence-electron chi connectivity index (χ3n) is 3.92. The van der Waals surface area contributed by atoms with E-state index in [2.05, 4.69) is 19.2 Å². The summed E-state index contributed by atoms with van der Waals surface area (Å²) >= 11 is 2.01. The lowest BCUT2D eigenvalue weighted by molar-refractivity contribution is 0.242. The summed E-state index contributed by atoms with van der Waals surface area (Å²) in [5.74, 6) is 2.86. The van der Waals surface area contributed by atoms with E-state index in [4.69, 9.17) is 0 Å². The summed E-state index contributed by atoms with van der Waals surface area (Å²) in [6.07, 6.45) is 6.96. The Morgan fingerprint density at radius 1 is 1.33 bits per heavy atom. The third kappa shape index (κ3) is 7.86. The van der Waals surface area contributed by atoms with Gasteiger partial charge in [0.2, 0.25) is 10.0 Å². The first-order chi connectivity index (χ1) is 9.97. The van der Waals surface area contributed by atoms with E-state index < -0.39 is 10.0 Å². The maximum Gasteiger partial charge on any atom is 0.211 e. The number of nitrogens with zero attached hydrogens (tertiary/aromatic N) is 1. The fourth-order valence-corrected chi connectivity index (χ4v) is 4.79. The SMILES string of the molecule is CCCNC(CSCCC)CC1CCCN(S(C)(=O)=O)C1. The quantitative estimate of drug-likeness (QED) is 0.623. The van der Waals surface area contributed by atoms with Gasteiger partial charge < -0.3 is 5.32 Å². The zero-order chi connectivity index (χ0) is 15.7. The van der Waals surface area contributed by atoms with E-state index in [1.807, 2.05) is 11.8 Å². The Labute approximate surface area is 135 Å². The number of nitrogens with one attached hydrogen (secondary N) is 1. The molecule has 1 saturated heterocycles. The lowest BCUT2D eigenvalue weighted by Gasteiger charge is -2.33. The molecule has 0 aliphatic carbocycles. The first kappa shape index (κ1) is 19.3. The summed E-state index contributed by atoms with van der Waals surface area (Å²) < 4.78 is 25.1. The average Bonchev–Trinajstić information content (AvgIpc) is 2.44. The maximum absolute atomic E-state index is 11.7. The Hall–Kier alpha value is 0.220. The van der Waals surface area contributed by atoms with Gasteiger partial charge >= 0.3 is 0 Å². The van der Waals surface area contributed by atoms with Crippen LogP contribution in [0.2, 0.25) is 0 Å². The molecular formula is C15H32N2O2S2. The van der Waals surface area contributed by atoms with Crippen molar-refractivity contribution < 1.29 is 8.42 Å². The predicted octanol–water partition coefficient (Wildman–Crippen LogP) is 2.56. The molecule has 126 valence electrons. The molecule has 1 heterocycles. The second-order valence-electron chi connectivity index (χ2n) is 6.09. The van der Waals surface area contributed by atoms with Crippen molar-refractivity contribution in [2.24, 2.45) is 5.92 Å². The first-order valence-corrected chi connectivity index (χ1v) is 11.2. The molecule has 2 atom stereocenters. The standard InChI is InChI=1S/C15H32N2O2S2/c1-4-8-16-15(13-20-10-5-2)11-14-7-6-9-17(12-14)21(3,18)19/h14-16H,4-13H2,1-3H3. The highest BCUT2D eigenvalue weighted by molar-refractivity contribution is 7.99. The van der Waals surface area contributed by atoms with E-state index in [9.17, 15) is 8.42 Å². The van der Waals surface area contributed by atoms with Crippen LogP contribution in [0.25, 0.3) is 0 Å². The summed E-state index contributed by atoms with van der Waals surface area (Å²) in [5, 5.41) is 3.64. The maximum atomic E-state index is 11.7. The van der Waals surface area contributed by atoms with Gasteiger partial charge in [0.1, 0.15) is 0 Å². The highest BCUT2D eigenvalue weighted by Gasteiger charge is 2.27. The predicted molar refractivity (Wildman–Crippen MR) is 93.5 cm³/mol. The van der Waals surface area contributed by atoms with Gasteiger partial charge in [0.15, 0.2) is 0 Å². The van der Waals surface area contributed by atoms with E-state index >= 15 is 0 Å². The Bertz CT molecular complexity index is 374. The van der Waals surface area contributed by atoms with Crippen molar-refractivity contribution in [3.8, 4) is 0 Å². The molecule has 0 bridgehead atoms. The fraction of sp³-hybridized carbons (Fsp3) is 1.00. The van der Waals surface area contributed by atoms with Crippen molar-refractivity contribution in [2.75, 3.05) is 37.4 Å². The van der Waals surface area contributed by atoms with Crippen LogP contribution in [0, 0.1) is 5.92 Å². The smallest absolute Gasteiger partial charge is 0.211 e. The molecule has 1 aliphatic rings. The summed E-state index contributed by atoms with van der Waals surface area (Å²) in [6.45, 7) is 6.87. The van der Waals surface area contributed by atoms with Crippen molar-refractivity contribution in [1.82, 2.24) is 9.62 Å². The summed E-state index contributed by atoms with van der Waals surface area (Å²) in [6, 6.07) is 0.519. The molecule has 0 saturated carbocycles. The number of thioether (sulfide) groups is 1. The number of piperidine rings is 1. The molecule has 0 aromatic carbocycles. The van der Waals surface area contributed by atoms with Crippen LogP contribution in [0.15, 0.2) is 0 Å². The monoisotopic (exact) mass is 336 g/mol. The first-order valence-electron chi connectivity index (χ1n) is 8.23. The second kappa shape index (κ2) is 10.1. The van der Waals surface area contributed by atoms with E-state index in [-0.39, 0.29) is 0 Å². The van der Waals surface area contributed by atoms with Gasteiger partial charge in [0.05, 0.1) is 6.26 Å². The number of hydrogen-bond acceptors (Lipinski definition) is 4. The molecule has 0 aromatic rings. The molecule has 0 aromatic heterocycles. The van der Waals surface area contributed by atoms with Crippen LogP contribution in [-0.4, -0.2) is 56.2 Å². The van der Waals surface area contributed by atoms with Gasteiger partial charge in [-0.05, 0) is 50.3 Å². The van der Waals surface area contributed by atoms with Crippen LogP contribution >= 0.6 is 11.8 Å². The van der Waals surface area contributed by atoms with Crippen LogP contribution in [0.1, 0.15) is 46.0 Å². The summed E-state index contributed by atoms with van der Waals surface area (Å²) in [7, 11) is -3.02. The average molecular weight is 337 g/mol. The van der Waals surface area contributed by atoms with Crippen molar-refractivity contribution in [1.29, 1.82) is 0 Å². The zero-order valence-corrected chi connectivity index (χ0v) is 15.4. The molecule has 4 nitrogen and oxygen atoms in total. The van der Waals surface area contributed by atoms with Gasteiger partial charge in [0, 0.05) is 24.9 Å². The molecule has 1 N–H and O–H groups in total. The van der Waals surface area contributed by atoms with Crippen molar-refractivity contribution in [3.05, 3.63) is 0 Å². The highest BCUT2D eigenvalue weighted by atomic mass is 32.2. The molecule has 1 rings (SSSR count). The van der Waals surface area contributed by atoms with Crippen LogP contribution in [0.5, 0.6) is 0 Å². The Morgan fingerprint density at radius 3 is 2.71 bits per heavy atom. The summed E-state index contributed by atoms with van der Waals surface area (Å²) in [5.41, 5.74) is 0. The Morgan fingerprint density at radius 2 is 2.10 bits per heavy atom. The van der Waals surface area contributed by atoms with Gasteiger partial charge in [-0.15, -0.1) is 0 Å². The highest BCUT2D eigenvalue weighted by Crippen LogP contribution is 2.24. The van der Waals surface area contributed by atoms with Crippen molar-refractivity contribution >= 4 is 21.8 Å². The molecule has 0 spiro atoms. The summed E-state index contributed by atoms with van der Waals surface area (Å²) in [4.78, 5) is 0. The molecule has 1 aliphatic heterocycles. The zero-order valence-electron chi connectivity index (χ0n) is 13.8. The van der Waals surface area contributed by atoms with Crippen LogP contribution < -0.4 is 5.32 Å². The van der Waals surface area contributed by atoms with Crippen molar-refractivity contribution in [2.45, 2.75) is 52.0 Å². The van der Waals surface area contributed by atoms with Crippen molar-refractivity contribution in [3.63, 3.8) is 0 Å². The van der Waals surface area contributed by atoms with Gasteiger partial charge in [-0.1, -0.05) is 13.8 Å². The number of hydrogen-bond donors (Lipinski definition) is 1. The normalized spacial score (nSPS) is 22.3. The lowest BCUT2D eigenvalue weighted by Crippen LogP contribution is -2.42. The minimum Gasteiger partial charge on any atom is -0.313 e. The number of sulfonamides is 1. The van der Waals surface area contributed by atoms with Gasteiger partial charge in [-0.2, -0.15) is 11.8 Å². The largest absolute Gasteiger partial charge is 0.313 e. The third-order valence-corrected chi connectivity index (χ3v) is 6.52. The van der Waals surface area contributed by atoms with Gasteiger partial charge in [-0.3, -0.25) is 0 Å². The fourth-order valence-electron chi connectivity index (χ4n) is 2.85. The Balaban J connectivity index is 2.47. The molecule has 1 fully saturated rings. The topological polar surface area (TPSA) is 49.4 Å². The van der Waals surface area contributed by atoms with E-state index in [0.29, 0.717) is 25.0 Å².